The number of fused-ring (bicyclic) bond motifs is 1. The molecule has 0 aliphatic rings. The quantitative estimate of drug-likeness (QED) is 0.353. The van der Waals surface area contributed by atoms with Gasteiger partial charge >= 0.3 is 5.92 Å². The molecular weight excluding hydrogens is 450 g/mol. The molecule has 0 saturated heterocycles. The van der Waals surface area contributed by atoms with Gasteiger partial charge in [0.1, 0.15) is 23.9 Å². The summed E-state index contributed by atoms with van der Waals surface area (Å²) in [5.41, 5.74) is 2.71. The van der Waals surface area contributed by atoms with Gasteiger partial charge in [-0.2, -0.15) is 13.9 Å². The molecule has 0 fully saturated rings. The lowest BCUT2D eigenvalue weighted by atomic mass is 10.1. The number of nitrogens with zero attached hydrogens (tertiary/aromatic N) is 5. The summed E-state index contributed by atoms with van der Waals surface area (Å²) in [5, 5.41) is 7.52. The molecule has 1 N–H and O–H groups in total. The van der Waals surface area contributed by atoms with Crippen molar-refractivity contribution >= 4 is 28.4 Å². The monoisotopic (exact) mass is 466 g/mol. The fourth-order valence-electron chi connectivity index (χ4n) is 3.50. The summed E-state index contributed by atoms with van der Waals surface area (Å²) in [7, 11) is 0. The zero-order valence-electron chi connectivity index (χ0n) is 17.1. The molecular formula is C23H17ClF2N6O. The van der Waals surface area contributed by atoms with Crippen molar-refractivity contribution in [3.05, 3.63) is 95.6 Å². The fraction of sp³-hybridized carbons (Fsp3) is 0.130. The molecule has 0 unspecified atom stereocenters. The Kier molecular flexibility index (Phi) is 5.47. The maximum absolute atomic E-state index is 14.6. The number of alkyl halides is 2. The van der Waals surface area contributed by atoms with Crippen LogP contribution < -0.4 is 5.32 Å². The van der Waals surface area contributed by atoms with Crippen LogP contribution in [0.25, 0.3) is 16.8 Å². The number of hydrogen-bond acceptors (Lipinski definition) is 6. The summed E-state index contributed by atoms with van der Waals surface area (Å²) in [6.45, 7) is -0.629. The highest BCUT2D eigenvalue weighted by atomic mass is 35.5. The predicted molar refractivity (Wildman–Crippen MR) is 120 cm³/mol. The van der Waals surface area contributed by atoms with Crippen molar-refractivity contribution in [2.75, 3.05) is 11.9 Å². The number of anilines is 1. The Labute approximate surface area is 192 Å². The summed E-state index contributed by atoms with van der Waals surface area (Å²) < 4.78 is 36.6. The summed E-state index contributed by atoms with van der Waals surface area (Å²) in [4.78, 5) is 12.3. The Hall–Kier alpha value is -3.85. The summed E-state index contributed by atoms with van der Waals surface area (Å²) in [5.74, 6) is -2.73. The standard InChI is InChI=1S/C23H17ClF2N6O/c24-16-7-8-18(32-14-27-13-30-32)15(10-16)11-21-31-22-17(4-3-5-19(22)33-21)29-12-23(25,26)20-6-1-2-9-28-20/h1-10,13-14,29H,11-12H2. The highest BCUT2D eigenvalue weighted by Gasteiger charge is 2.33. The van der Waals surface area contributed by atoms with E-state index in [4.69, 9.17) is 16.0 Å². The van der Waals surface area contributed by atoms with Crippen LogP contribution in [0.2, 0.25) is 5.02 Å². The molecule has 0 atom stereocenters. The van der Waals surface area contributed by atoms with Crippen LogP contribution in [0, 0.1) is 0 Å². The van der Waals surface area contributed by atoms with Gasteiger partial charge in [0, 0.05) is 11.2 Å². The average Bonchev–Trinajstić information content (AvgIpc) is 3.48. The van der Waals surface area contributed by atoms with Gasteiger partial charge in [-0.15, -0.1) is 0 Å². The number of para-hydroxylation sites is 1. The zero-order valence-corrected chi connectivity index (χ0v) is 17.9. The number of rotatable bonds is 7. The van der Waals surface area contributed by atoms with Gasteiger partial charge < -0.3 is 9.73 Å². The third-order valence-electron chi connectivity index (χ3n) is 5.05. The first kappa shape index (κ1) is 21.0. The summed E-state index contributed by atoms with van der Waals surface area (Å²) >= 11 is 6.20. The molecule has 33 heavy (non-hydrogen) atoms. The first-order valence-electron chi connectivity index (χ1n) is 10.0. The molecule has 0 saturated carbocycles. The van der Waals surface area contributed by atoms with E-state index in [1.807, 2.05) is 6.07 Å². The second kappa shape index (κ2) is 8.59. The van der Waals surface area contributed by atoms with E-state index in [-0.39, 0.29) is 5.69 Å². The van der Waals surface area contributed by atoms with Crippen LogP contribution in [0.15, 0.2) is 77.9 Å². The van der Waals surface area contributed by atoms with Crippen LogP contribution in [0.4, 0.5) is 14.5 Å². The largest absolute Gasteiger partial charge is 0.440 e. The maximum Gasteiger partial charge on any atom is 0.306 e. The molecule has 0 radical (unpaired) electrons. The SMILES string of the molecule is FC(F)(CNc1cccc2oc(Cc3cc(Cl)ccc3-n3cncn3)nc12)c1ccccn1. The van der Waals surface area contributed by atoms with Crippen LogP contribution >= 0.6 is 11.6 Å². The number of hydrogen-bond donors (Lipinski definition) is 1. The normalized spacial score (nSPS) is 11.7. The number of pyridine rings is 1. The Morgan fingerprint density at radius 1 is 1.09 bits per heavy atom. The van der Waals surface area contributed by atoms with E-state index in [0.717, 1.165) is 11.3 Å². The minimum absolute atomic E-state index is 0.299. The van der Waals surface area contributed by atoms with Gasteiger partial charge in [0.25, 0.3) is 0 Å². The predicted octanol–water partition coefficient (Wildman–Crippen LogP) is 5.25. The van der Waals surface area contributed by atoms with Crippen molar-refractivity contribution in [2.24, 2.45) is 0 Å². The van der Waals surface area contributed by atoms with Crippen molar-refractivity contribution in [1.29, 1.82) is 0 Å². The molecule has 2 aromatic carbocycles. The topological polar surface area (TPSA) is 81.7 Å². The summed E-state index contributed by atoms with van der Waals surface area (Å²) in [6, 6.07) is 15.0. The van der Waals surface area contributed by atoms with Crippen LogP contribution in [0.1, 0.15) is 17.1 Å². The molecule has 10 heteroatoms. The van der Waals surface area contributed by atoms with Gasteiger partial charge in [-0.05, 0) is 48.0 Å². The maximum atomic E-state index is 14.6. The lowest BCUT2D eigenvalue weighted by Gasteiger charge is -2.17. The van der Waals surface area contributed by atoms with E-state index >= 15 is 0 Å². The van der Waals surface area contributed by atoms with Gasteiger partial charge in [-0.25, -0.2) is 14.6 Å². The van der Waals surface area contributed by atoms with E-state index in [0.29, 0.717) is 34.1 Å². The van der Waals surface area contributed by atoms with E-state index in [1.165, 1.54) is 24.7 Å². The number of benzene rings is 2. The van der Waals surface area contributed by atoms with E-state index in [9.17, 15) is 8.78 Å². The van der Waals surface area contributed by atoms with Gasteiger partial charge in [0.05, 0.1) is 24.3 Å². The van der Waals surface area contributed by atoms with E-state index in [1.54, 1.807) is 47.4 Å². The van der Waals surface area contributed by atoms with Crippen LogP contribution in [0.5, 0.6) is 0 Å². The minimum Gasteiger partial charge on any atom is -0.440 e. The van der Waals surface area contributed by atoms with Crippen molar-refractivity contribution in [2.45, 2.75) is 12.3 Å². The van der Waals surface area contributed by atoms with Crippen molar-refractivity contribution in [3.63, 3.8) is 0 Å². The second-order valence-corrected chi connectivity index (χ2v) is 7.76. The molecule has 5 rings (SSSR count). The highest BCUT2D eigenvalue weighted by Crippen LogP contribution is 2.30. The average molecular weight is 467 g/mol. The number of aromatic nitrogens is 5. The molecule has 3 aromatic heterocycles. The fourth-order valence-corrected chi connectivity index (χ4v) is 3.70. The van der Waals surface area contributed by atoms with Crippen LogP contribution in [-0.4, -0.2) is 31.3 Å². The van der Waals surface area contributed by atoms with Gasteiger partial charge in [-0.3, -0.25) is 4.98 Å². The van der Waals surface area contributed by atoms with E-state index < -0.39 is 12.5 Å². The van der Waals surface area contributed by atoms with Gasteiger partial charge in [-0.1, -0.05) is 23.7 Å². The first-order chi connectivity index (χ1) is 16.0. The minimum atomic E-state index is -3.15. The molecule has 7 nitrogen and oxygen atoms in total. The molecule has 0 bridgehead atoms. The van der Waals surface area contributed by atoms with Crippen LogP contribution in [-0.2, 0) is 12.3 Å². The van der Waals surface area contributed by atoms with Crippen LogP contribution in [0.3, 0.4) is 0 Å². The molecule has 166 valence electrons. The highest BCUT2D eigenvalue weighted by molar-refractivity contribution is 6.30. The van der Waals surface area contributed by atoms with Crippen molar-refractivity contribution < 1.29 is 13.2 Å². The molecule has 0 aliphatic carbocycles. The third-order valence-corrected chi connectivity index (χ3v) is 5.29. The Morgan fingerprint density at radius 3 is 2.79 bits per heavy atom. The lowest BCUT2D eigenvalue weighted by molar-refractivity contribution is 0.00602. The van der Waals surface area contributed by atoms with Gasteiger partial charge in [0.15, 0.2) is 11.5 Å². The zero-order chi connectivity index (χ0) is 22.8. The molecule has 3 heterocycles. The van der Waals surface area contributed by atoms with Gasteiger partial charge in [0.2, 0.25) is 0 Å². The summed E-state index contributed by atoms with van der Waals surface area (Å²) in [6.07, 6.45) is 4.70. The number of oxazole rings is 1. The molecule has 0 amide bonds. The molecule has 0 aliphatic heterocycles. The number of halogens is 3. The molecule has 0 spiro atoms. The molecule has 5 aromatic rings. The second-order valence-electron chi connectivity index (χ2n) is 7.32. The Bertz CT molecular complexity index is 1390. The third kappa shape index (κ3) is 4.40. The van der Waals surface area contributed by atoms with E-state index in [2.05, 4.69) is 25.4 Å². The lowest BCUT2D eigenvalue weighted by Crippen LogP contribution is -2.25. The number of nitrogens with one attached hydrogen (secondary N) is 1. The Morgan fingerprint density at radius 2 is 2.00 bits per heavy atom. The smallest absolute Gasteiger partial charge is 0.306 e. The Balaban J connectivity index is 1.42. The van der Waals surface area contributed by atoms with Crippen molar-refractivity contribution in [1.82, 2.24) is 24.7 Å². The van der Waals surface area contributed by atoms with Crippen molar-refractivity contribution in [3.8, 4) is 5.69 Å². The first-order valence-corrected chi connectivity index (χ1v) is 10.4.